The van der Waals surface area contributed by atoms with Gasteiger partial charge in [-0.25, -0.2) is 14.5 Å². The van der Waals surface area contributed by atoms with Crippen LogP contribution in [0.1, 0.15) is 5.82 Å². The molecule has 1 fully saturated rings. The average molecular weight is 520 g/mol. The molecule has 13 heteroatoms. The van der Waals surface area contributed by atoms with Crippen LogP contribution in [0.25, 0.3) is 10.8 Å². The molecule has 0 saturated carbocycles. The standard InChI is InChI=1S/C24H21N7O5S/c1-36-29-17(20-26-8-6-16(25)27-20)21(32)28-18-22(33)31-19(24(34)35)15(12-37-23(18)31)11-30-9-7-13-4-2-3-5-14(13)10-30/h2-10,18,23H,11-12H2,1H3,(H3-,25,26,27,28,32,34,35)/b29-17-/t18?,23-/m1/s1. The van der Waals surface area contributed by atoms with Crippen LogP contribution < -0.4 is 20.7 Å². The number of thioether (sulfide) groups is 1. The van der Waals surface area contributed by atoms with Crippen molar-refractivity contribution in [2.24, 2.45) is 5.16 Å². The number of hydrogen-bond donors (Lipinski definition) is 2. The number of β-lactam (4-membered cyclic amide) rings is 1. The fourth-order valence-electron chi connectivity index (χ4n) is 4.26. The first-order valence-electron chi connectivity index (χ1n) is 11.1. The second kappa shape index (κ2) is 9.85. The Labute approximate surface area is 214 Å². The van der Waals surface area contributed by atoms with Crippen molar-refractivity contribution in [3.05, 3.63) is 72.1 Å². The van der Waals surface area contributed by atoms with Crippen LogP contribution in [0.3, 0.4) is 0 Å². The molecule has 2 aromatic heterocycles. The van der Waals surface area contributed by atoms with Crippen LogP contribution in [0.15, 0.2) is 71.4 Å². The van der Waals surface area contributed by atoms with Crippen molar-refractivity contribution in [2.75, 3.05) is 18.6 Å². The van der Waals surface area contributed by atoms with E-state index in [1.807, 2.05) is 47.3 Å². The Morgan fingerprint density at radius 3 is 2.81 bits per heavy atom. The lowest BCUT2D eigenvalue weighted by atomic mass is 10.0. The summed E-state index contributed by atoms with van der Waals surface area (Å²) < 4.78 is 1.87. The van der Waals surface area contributed by atoms with Gasteiger partial charge in [-0.1, -0.05) is 23.4 Å². The van der Waals surface area contributed by atoms with Gasteiger partial charge in [-0.05, 0) is 17.5 Å². The molecule has 2 aliphatic rings. The Balaban J connectivity index is 1.36. The number of oxime groups is 1. The van der Waals surface area contributed by atoms with Gasteiger partial charge >= 0.3 is 0 Å². The summed E-state index contributed by atoms with van der Waals surface area (Å²) in [6.45, 7) is 0.270. The molecule has 4 heterocycles. The van der Waals surface area contributed by atoms with Gasteiger partial charge in [0.1, 0.15) is 24.3 Å². The molecule has 1 aromatic carbocycles. The van der Waals surface area contributed by atoms with E-state index >= 15 is 0 Å². The van der Waals surface area contributed by atoms with E-state index in [4.69, 9.17) is 10.6 Å². The number of aliphatic carboxylic acids is 1. The van der Waals surface area contributed by atoms with Crippen molar-refractivity contribution in [2.45, 2.75) is 18.0 Å². The molecule has 1 unspecified atom stereocenters. The third-order valence-electron chi connectivity index (χ3n) is 5.93. The highest BCUT2D eigenvalue weighted by Crippen LogP contribution is 2.40. The molecule has 2 aliphatic heterocycles. The van der Waals surface area contributed by atoms with Gasteiger partial charge in [-0.15, -0.1) is 11.8 Å². The highest BCUT2D eigenvalue weighted by atomic mass is 32.2. The van der Waals surface area contributed by atoms with Crippen LogP contribution >= 0.6 is 11.8 Å². The van der Waals surface area contributed by atoms with Gasteiger partial charge in [0.2, 0.25) is 5.71 Å². The van der Waals surface area contributed by atoms with Crippen LogP contribution in [0.5, 0.6) is 0 Å². The van der Waals surface area contributed by atoms with Gasteiger partial charge < -0.3 is 25.8 Å². The number of nitrogens with one attached hydrogen (secondary N) is 1. The fraction of sp³-hybridized carbons (Fsp3) is 0.208. The van der Waals surface area contributed by atoms with E-state index in [1.165, 1.54) is 31.1 Å². The van der Waals surface area contributed by atoms with E-state index in [0.29, 0.717) is 11.3 Å². The number of pyridine rings is 1. The van der Waals surface area contributed by atoms with Crippen molar-refractivity contribution < 1.29 is 28.9 Å². The number of nitrogen functional groups attached to an aromatic ring is 1. The molecule has 0 bridgehead atoms. The van der Waals surface area contributed by atoms with Gasteiger partial charge in [0, 0.05) is 29.0 Å². The monoisotopic (exact) mass is 519 g/mol. The van der Waals surface area contributed by atoms with Crippen LogP contribution in [0.2, 0.25) is 0 Å². The summed E-state index contributed by atoms with van der Waals surface area (Å²) in [5, 5.41) is 19.8. The summed E-state index contributed by atoms with van der Waals surface area (Å²) in [4.78, 5) is 51.9. The first kappa shape index (κ1) is 24.2. The molecule has 2 amide bonds. The fourth-order valence-corrected chi connectivity index (χ4v) is 5.60. The number of nitrogens with two attached hydrogens (primary N) is 1. The number of fused-ring (bicyclic) bond motifs is 2. The maximum atomic E-state index is 13.0. The van der Waals surface area contributed by atoms with Gasteiger partial charge in [0.05, 0.1) is 11.7 Å². The molecule has 0 aliphatic carbocycles. The highest BCUT2D eigenvalue weighted by molar-refractivity contribution is 8.00. The third kappa shape index (κ3) is 4.56. The Hall–Kier alpha value is -4.52. The molecule has 0 spiro atoms. The lowest BCUT2D eigenvalue weighted by Crippen LogP contribution is -2.71. The topological polar surface area (TPSA) is 167 Å². The van der Waals surface area contributed by atoms with E-state index in [2.05, 4.69) is 20.4 Å². The molecule has 3 N–H and O–H groups in total. The zero-order valence-electron chi connectivity index (χ0n) is 19.5. The summed E-state index contributed by atoms with van der Waals surface area (Å²) in [5.74, 6) is -2.41. The third-order valence-corrected chi connectivity index (χ3v) is 7.27. The molecular formula is C24H21N7O5S. The lowest BCUT2D eigenvalue weighted by molar-refractivity contribution is -0.687. The van der Waals surface area contributed by atoms with Crippen LogP contribution in [-0.2, 0) is 25.8 Å². The number of carboxylic acids is 1. The molecular weight excluding hydrogens is 498 g/mol. The second-order valence-corrected chi connectivity index (χ2v) is 9.38. The molecule has 12 nitrogen and oxygen atoms in total. The minimum absolute atomic E-state index is 0.0794. The van der Waals surface area contributed by atoms with E-state index in [0.717, 1.165) is 15.7 Å². The first-order valence-corrected chi connectivity index (χ1v) is 12.2. The molecule has 188 valence electrons. The van der Waals surface area contributed by atoms with Crippen molar-refractivity contribution in [1.29, 1.82) is 0 Å². The Bertz CT molecular complexity index is 1490. The minimum atomic E-state index is -1.45. The van der Waals surface area contributed by atoms with Crippen LogP contribution in [-0.4, -0.2) is 62.6 Å². The summed E-state index contributed by atoms with van der Waals surface area (Å²) >= 11 is 1.35. The van der Waals surface area contributed by atoms with E-state index in [1.54, 1.807) is 0 Å². The molecule has 3 aromatic rings. The van der Waals surface area contributed by atoms with Gasteiger partial charge in [0.25, 0.3) is 11.8 Å². The maximum Gasteiger partial charge on any atom is 0.278 e. The number of nitrogens with zero attached hydrogens (tertiary/aromatic N) is 5. The molecule has 2 atom stereocenters. The minimum Gasteiger partial charge on any atom is -0.543 e. The summed E-state index contributed by atoms with van der Waals surface area (Å²) in [5.41, 5.74) is 5.76. The van der Waals surface area contributed by atoms with Crippen molar-refractivity contribution in [3.8, 4) is 0 Å². The number of anilines is 1. The summed E-state index contributed by atoms with van der Waals surface area (Å²) in [6, 6.07) is 10.2. The smallest absolute Gasteiger partial charge is 0.278 e. The number of hydrogen-bond acceptors (Lipinski definition) is 10. The number of benzene rings is 1. The van der Waals surface area contributed by atoms with E-state index in [9.17, 15) is 19.5 Å². The van der Waals surface area contributed by atoms with E-state index in [-0.39, 0.29) is 29.6 Å². The maximum absolute atomic E-state index is 13.0. The Morgan fingerprint density at radius 1 is 1.30 bits per heavy atom. The quantitative estimate of drug-likeness (QED) is 0.171. The second-order valence-electron chi connectivity index (χ2n) is 8.27. The van der Waals surface area contributed by atoms with Crippen molar-refractivity contribution in [3.63, 3.8) is 0 Å². The lowest BCUT2D eigenvalue weighted by Gasteiger charge is -2.50. The van der Waals surface area contributed by atoms with Gasteiger partial charge in [-0.2, -0.15) is 0 Å². The summed E-state index contributed by atoms with van der Waals surface area (Å²) in [7, 11) is 1.25. The zero-order chi connectivity index (χ0) is 26.1. The predicted molar refractivity (Wildman–Crippen MR) is 131 cm³/mol. The predicted octanol–water partition coefficient (Wildman–Crippen LogP) is -1.05. The SMILES string of the molecule is CO/N=C(\C(=O)NC1C(=O)N2C(C(=O)[O-])=C(C[n+]3ccc4ccccc4c3)CS[C@H]12)c1nccc(N)n1. The normalized spacial score (nSPS) is 19.3. The average Bonchev–Trinajstić information content (AvgIpc) is 2.89. The Morgan fingerprint density at radius 2 is 2.08 bits per heavy atom. The van der Waals surface area contributed by atoms with Crippen molar-refractivity contribution in [1.82, 2.24) is 20.2 Å². The number of carbonyl (C=O) groups excluding carboxylic acids is 3. The van der Waals surface area contributed by atoms with Crippen LogP contribution in [0.4, 0.5) is 5.82 Å². The number of aromatic nitrogens is 3. The Kier molecular flexibility index (Phi) is 6.44. The largest absolute Gasteiger partial charge is 0.543 e. The molecule has 37 heavy (non-hydrogen) atoms. The van der Waals surface area contributed by atoms with E-state index < -0.39 is 29.2 Å². The highest BCUT2D eigenvalue weighted by Gasteiger charge is 2.53. The molecule has 0 radical (unpaired) electrons. The zero-order valence-corrected chi connectivity index (χ0v) is 20.3. The first-order chi connectivity index (χ1) is 17.9. The number of carbonyl (C=O) groups is 3. The van der Waals surface area contributed by atoms with Crippen molar-refractivity contribution >= 4 is 51.8 Å². The van der Waals surface area contributed by atoms with Gasteiger partial charge in [0.15, 0.2) is 24.8 Å². The molecule has 1 saturated heterocycles. The van der Waals surface area contributed by atoms with Gasteiger partial charge in [-0.3, -0.25) is 14.5 Å². The number of carboxylic acid groups (broad SMARTS) is 1. The number of rotatable bonds is 7. The molecule has 5 rings (SSSR count). The number of amides is 2. The summed E-state index contributed by atoms with van der Waals surface area (Å²) in [6.07, 6.45) is 5.13. The van der Waals surface area contributed by atoms with Crippen LogP contribution in [0, 0.1) is 0 Å².